The molecule has 4 aliphatic rings. The summed E-state index contributed by atoms with van der Waals surface area (Å²) in [6, 6.07) is 0. The Hall–Kier alpha value is -1.83. The molecule has 2 saturated carbocycles. The van der Waals surface area contributed by atoms with Gasteiger partial charge in [0, 0.05) is 24.0 Å². The molecule has 0 saturated heterocycles. The summed E-state index contributed by atoms with van der Waals surface area (Å²) in [7, 11) is 0. The number of allylic oxidation sites excluding steroid dienone is 1. The fourth-order valence-electron chi connectivity index (χ4n) is 9.07. The van der Waals surface area contributed by atoms with Crippen LogP contribution in [0.25, 0.3) is 0 Å². The summed E-state index contributed by atoms with van der Waals surface area (Å²) in [5, 5.41) is 42.1. The molecule has 0 amide bonds. The van der Waals surface area contributed by atoms with E-state index in [0.717, 1.165) is 0 Å². The van der Waals surface area contributed by atoms with Crippen LogP contribution in [0, 0.1) is 39.4 Å². The summed E-state index contributed by atoms with van der Waals surface area (Å²) in [6.07, 6.45) is 1.26. The Balaban J connectivity index is 1.77. The van der Waals surface area contributed by atoms with Crippen LogP contribution < -0.4 is 0 Å². The molecular formula is C30H44O7. The highest BCUT2D eigenvalue weighted by Gasteiger charge is 2.70. The second-order valence-corrected chi connectivity index (χ2v) is 13.7. The van der Waals surface area contributed by atoms with Crippen LogP contribution in [0.4, 0.5) is 0 Å². The number of aliphatic hydroxyl groups excluding tert-OH is 3. The number of hydrogen-bond acceptors (Lipinski definition) is 6. The molecule has 0 unspecified atom stereocenters. The molecule has 206 valence electrons. The number of fused-ring (bicyclic) bond motifs is 4. The number of aliphatic hydroxyl groups is 3. The Labute approximate surface area is 220 Å². The predicted molar refractivity (Wildman–Crippen MR) is 138 cm³/mol. The van der Waals surface area contributed by atoms with Gasteiger partial charge in [-0.3, -0.25) is 9.59 Å². The molecule has 2 fully saturated rings. The molecule has 0 aromatic heterocycles. The largest absolute Gasteiger partial charge is 0.478 e. The quantitative estimate of drug-likeness (QED) is 0.408. The summed E-state index contributed by atoms with van der Waals surface area (Å²) in [5.74, 6) is -1.50. The standard InChI is InChI=1S/C30H44O7/c1-15(10-17(31)11-16(2)26(36)37)18-12-23(35)30(7)25-19(32)13-21-27(3,4)22(34)8-9-28(21,5)24(25)20(33)14-29(18,30)6/h11,15,17-19,21-22,31-32,34H,8-10,12-14H2,1-7H3,(H,36,37)/t15-,17+,18-,19+,21+,22+,28+,29-,30+/m1/s1. The highest BCUT2D eigenvalue weighted by Crippen LogP contribution is 2.70. The van der Waals surface area contributed by atoms with Crippen LogP contribution in [-0.2, 0) is 14.4 Å². The Morgan fingerprint density at radius 3 is 2.35 bits per heavy atom. The van der Waals surface area contributed by atoms with Crippen LogP contribution in [-0.4, -0.2) is 56.3 Å². The molecule has 0 radical (unpaired) electrons. The SMILES string of the molecule is CC(=C[C@@H](O)C[C@@H](C)[C@H]1CC(=O)[C@@]2(C)C3=C(C(=O)C[C@]12C)[C@@]1(C)CC[C@H](O)C(C)(C)[C@@H]1C[C@@H]3O)C(=O)O. The highest BCUT2D eigenvalue weighted by molar-refractivity contribution is 6.05. The van der Waals surface area contributed by atoms with Crippen molar-refractivity contribution in [1.29, 1.82) is 0 Å². The third-order valence-electron chi connectivity index (χ3n) is 11.4. The van der Waals surface area contributed by atoms with Crippen molar-refractivity contribution in [1.82, 2.24) is 0 Å². The minimum Gasteiger partial charge on any atom is -0.478 e. The monoisotopic (exact) mass is 516 g/mol. The van der Waals surface area contributed by atoms with Crippen molar-refractivity contribution in [3.63, 3.8) is 0 Å². The van der Waals surface area contributed by atoms with E-state index >= 15 is 0 Å². The number of Topliss-reactive ketones (excluding diaryl/α,β-unsaturated/α-hetero) is 2. The van der Waals surface area contributed by atoms with Gasteiger partial charge in [-0.15, -0.1) is 0 Å². The number of rotatable bonds is 5. The van der Waals surface area contributed by atoms with Crippen molar-refractivity contribution in [3.05, 3.63) is 22.8 Å². The van der Waals surface area contributed by atoms with Crippen molar-refractivity contribution in [2.24, 2.45) is 39.4 Å². The van der Waals surface area contributed by atoms with Gasteiger partial charge in [-0.1, -0.05) is 34.6 Å². The van der Waals surface area contributed by atoms with Crippen LogP contribution in [0.3, 0.4) is 0 Å². The molecule has 0 aromatic carbocycles. The Morgan fingerprint density at radius 2 is 1.76 bits per heavy atom. The molecule has 7 nitrogen and oxygen atoms in total. The van der Waals surface area contributed by atoms with Gasteiger partial charge in [0.15, 0.2) is 5.78 Å². The van der Waals surface area contributed by atoms with E-state index in [1.165, 1.54) is 13.0 Å². The van der Waals surface area contributed by atoms with Gasteiger partial charge in [0.25, 0.3) is 0 Å². The summed E-state index contributed by atoms with van der Waals surface area (Å²) in [4.78, 5) is 39.2. The van der Waals surface area contributed by atoms with E-state index in [-0.39, 0.29) is 54.2 Å². The Kier molecular flexibility index (Phi) is 6.74. The predicted octanol–water partition coefficient (Wildman–Crippen LogP) is 3.84. The first-order valence-electron chi connectivity index (χ1n) is 13.7. The molecule has 0 heterocycles. The number of aliphatic carboxylic acids is 1. The second kappa shape index (κ2) is 8.85. The van der Waals surface area contributed by atoms with Crippen molar-refractivity contribution >= 4 is 17.5 Å². The van der Waals surface area contributed by atoms with E-state index in [9.17, 15) is 29.7 Å². The maximum atomic E-state index is 14.1. The van der Waals surface area contributed by atoms with E-state index in [4.69, 9.17) is 5.11 Å². The number of carboxylic acid groups (broad SMARTS) is 1. The van der Waals surface area contributed by atoms with Gasteiger partial charge in [-0.05, 0) is 85.2 Å². The second-order valence-electron chi connectivity index (χ2n) is 13.7. The van der Waals surface area contributed by atoms with Crippen molar-refractivity contribution in [2.75, 3.05) is 0 Å². The lowest BCUT2D eigenvalue weighted by Gasteiger charge is -2.61. The van der Waals surface area contributed by atoms with Crippen LogP contribution in [0.2, 0.25) is 0 Å². The molecule has 4 rings (SSSR count). The molecule has 4 aliphatic carbocycles. The molecule has 4 N–H and O–H groups in total. The van der Waals surface area contributed by atoms with E-state index in [2.05, 4.69) is 6.92 Å². The van der Waals surface area contributed by atoms with Crippen LogP contribution in [0.5, 0.6) is 0 Å². The van der Waals surface area contributed by atoms with Crippen LogP contribution >= 0.6 is 0 Å². The zero-order chi connectivity index (χ0) is 27.9. The van der Waals surface area contributed by atoms with Crippen LogP contribution in [0.1, 0.15) is 87.0 Å². The minimum atomic E-state index is -1.09. The summed E-state index contributed by atoms with van der Waals surface area (Å²) < 4.78 is 0. The Bertz CT molecular complexity index is 1090. The van der Waals surface area contributed by atoms with E-state index in [1.54, 1.807) is 0 Å². The minimum absolute atomic E-state index is 0.0116. The number of carbonyl (C=O) groups is 3. The van der Waals surface area contributed by atoms with Crippen molar-refractivity contribution in [2.45, 2.75) is 105 Å². The third kappa shape index (κ3) is 3.82. The molecule has 0 aromatic rings. The van der Waals surface area contributed by atoms with E-state index in [0.29, 0.717) is 30.4 Å². The smallest absolute Gasteiger partial charge is 0.331 e. The Morgan fingerprint density at radius 1 is 1.14 bits per heavy atom. The average molecular weight is 517 g/mol. The highest BCUT2D eigenvalue weighted by atomic mass is 16.4. The molecule has 0 aliphatic heterocycles. The van der Waals surface area contributed by atoms with E-state index in [1.807, 2.05) is 34.6 Å². The summed E-state index contributed by atoms with van der Waals surface area (Å²) >= 11 is 0. The fourth-order valence-corrected chi connectivity index (χ4v) is 9.07. The van der Waals surface area contributed by atoms with E-state index < -0.39 is 45.9 Å². The number of ketones is 2. The van der Waals surface area contributed by atoms with Gasteiger partial charge < -0.3 is 20.4 Å². The van der Waals surface area contributed by atoms with Crippen molar-refractivity contribution in [3.8, 4) is 0 Å². The molecule has 0 spiro atoms. The van der Waals surface area contributed by atoms with Gasteiger partial charge in [0.1, 0.15) is 5.78 Å². The zero-order valence-corrected chi connectivity index (χ0v) is 23.3. The summed E-state index contributed by atoms with van der Waals surface area (Å²) in [5.41, 5.74) is -1.42. The van der Waals surface area contributed by atoms with Gasteiger partial charge >= 0.3 is 5.97 Å². The maximum absolute atomic E-state index is 14.1. The molecule has 0 bridgehead atoms. The molecular weight excluding hydrogens is 472 g/mol. The maximum Gasteiger partial charge on any atom is 0.331 e. The number of carbonyl (C=O) groups excluding carboxylic acids is 2. The molecule has 37 heavy (non-hydrogen) atoms. The first-order valence-corrected chi connectivity index (χ1v) is 13.7. The number of carboxylic acids is 1. The number of hydrogen-bond donors (Lipinski definition) is 4. The lowest BCUT2D eigenvalue weighted by molar-refractivity contribution is -0.142. The van der Waals surface area contributed by atoms with Gasteiger partial charge in [0.05, 0.1) is 23.7 Å². The molecule has 9 atom stereocenters. The average Bonchev–Trinajstić information content (AvgIpc) is 2.99. The summed E-state index contributed by atoms with van der Waals surface area (Å²) in [6.45, 7) is 13.4. The lowest BCUT2D eigenvalue weighted by Crippen LogP contribution is -2.60. The first kappa shape index (κ1) is 28.2. The first-order chi connectivity index (χ1) is 16.9. The third-order valence-corrected chi connectivity index (χ3v) is 11.4. The van der Waals surface area contributed by atoms with Gasteiger partial charge in [-0.25, -0.2) is 4.79 Å². The topological polar surface area (TPSA) is 132 Å². The normalized spacial score (nSPS) is 43.1. The van der Waals surface area contributed by atoms with Gasteiger partial charge in [-0.2, -0.15) is 0 Å². The zero-order valence-electron chi connectivity index (χ0n) is 23.3. The fraction of sp³-hybridized carbons (Fsp3) is 0.767. The van der Waals surface area contributed by atoms with Gasteiger partial charge in [0.2, 0.25) is 0 Å². The lowest BCUT2D eigenvalue weighted by atomic mass is 9.42. The molecule has 7 heteroatoms. The van der Waals surface area contributed by atoms with Crippen LogP contribution in [0.15, 0.2) is 22.8 Å². The van der Waals surface area contributed by atoms with Crippen molar-refractivity contribution < 1.29 is 34.8 Å².